The number of carbonyl (C=O) groups excluding carboxylic acids is 1. The Balaban J connectivity index is 1.60. The molecular formula is C20H22N4O2S. The first kappa shape index (κ1) is 19.0. The van der Waals surface area contributed by atoms with Crippen molar-refractivity contribution in [3.63, 3.8) is 0 Å². The fourth-order valence-electron chi connectivity index (χ4n) is 2.59. The zero-order valence-corrected chi connectivity index (χ0v) is 16.0. The third kappa shape index (κ3) is 4.89. The third-order valence-electron chi connectivity index (χ3n) is 3.98. The van der Waals surface area contributed by atoms with Crippen molar-refractivity contribution in [1.29, 1.82) is 0 Å². The third-order valence-corrected chi connectivity index (χ3v) is 5.06. The molecule has 7 heteroatoms. The number of hydrogen-bond acceptors (Lipinski definition) is 5. The summed E-state index contributed by atoms with van der Waals surface area (Å²) in [5.41, 5.74) is 1.20. The summed E-state index contributed by atoms with van der Waals surface area (Å²) in [5, 5.41) is 11.8. The van der Waals surface area contributed by atoms with E-state index >= 15 is 0 Å². The Kier molecular flexibility index (Phi) is 6.49. The van der Waals surface area contributed by atoms with Gasteiger partial charge in [-0.3, -0.25) is 9.36 Å². The minimum atomic E-state index is -0.294. The second kappa shape index (κ2) is 9.23. The molecule has 0 saturated heterocycles. The maximum Gasteiger partial charge on any atom is 0.233 e. The van der Waals surface area contributed by atoms with Gasteiger partial charge >= 0.3 is 0 Å². The van der Waals surface area contributed by atoms with Crippen molar-refractivity contribution in [2.24, 2.45) is 0 Å². The van der Waals surface area contributed by atoms with E-state index in [1.54, 1.807) is 18.4 Å². The van der Waals surface area contributed by atoms with E-state index in [1.807, 2.05) is 35.8 Å². The zero-order valence-electron chi connectivity index (χ0n) is 15.2. The Morgan fingerprint density at radius 1 is 1.30 bits per heavy atom. The van der Waals surface area contributed by atoms with Gasteiger partial charge in [-0.25, -0.2) is 0 Å². The van der Waals surface area contributed by atoms with Crippen molar-refractivity contribution < 1.29 is 9.21 Å². The van der Waals surface area contributed by atoms with Gasteiger partial charge in [-0.1, -0.05) is 48.2 Å². The van der Waals surface area contributed by atoms with E-state index in [-0.39, 0.29) is 11.2 Å². The molecule has 1 unspecified atom stereocenters. The fraction of sp³-hybridized carbons (Fsp3) is 0.250. The second-order valence-electron chi connectivity index (χ2n) is 5.97. The van der Waals surface area contributed by atoms with Crippen LogP contribution in [0.2, 0.25) is 0 Å². The van der Waals surface area contributed by atoms with Crippen molar-refractivity contribution in [2.45, 2.75) is 30.3 Å². The molecule has 6 nitrogen and oxygen atoms in total. The maximum absolute atomic E-state index is 12.4. The van der Waals surface area contributed by atoms with Gasteiger partial charge in [-0.05, 0) is 31.0 Å². The molecule has 2 aromatic heterocycles. The van der Waals surface area contributed by atoms with Crippen LogP contribution in [-0.2, 0) is 17.8 Å². The van der Waals surface area contributed by atoms with Gasteiger partial charge in [0.05, 0.1) is 11.5 Å². The molecule has 0 radical (unpaired) electrons. The van der Waals surface area contributed by atoms with E-state index in [2.05, 4.69) is 34.2 Å². The molecule has 0 aliphatic rings. The SMILES string of the molecule is C=CCn1c(SC(C)C(=O)NCCc2ccccc2)nnc1-c1ccco1. The van der Waals surface area contributed by atoms with Gasteiger partial charge in [-0.15, -0.1) is 16.8 Å². The number of aromatic nitrogens is 3. The van der Waals surface area contributed by atoms with Gasteiger partial charge < -0.3 is 9.73 Å². The lowest BCUT2D eigenvalue weighted by Gasteiger charge is -2.12. The van der Waals surface area contributed by atoms with Gasteiger partial charge in [0.25, 0.3) is 0 Å². The number of thioether (sulfide) groups is 1. The van der Waals surface area contributed by atoms with Crippen molar-refractivity contribution >= 4 is 17.7 Å². The van der Waals surface area contributed by atoms with Crippen LogP contribution in [0.15, 0.2) is 71.0 Å². The molecule has 27 heavy (non-hydrogen) atoms. The lowest BCUT2D eigenvalue weighted by atomic mass is 10.1. The minimum Gasteiger partial charge on any atom is -0.461 e. The number of nitrogens with zero attached hydrogens (tertiary/aromatic N) is 3. The van der Waals surface area contributed by atoms with Crippen molar-refractivity contribution in [2.75, 3.05) is 6.54 Å². The minimum absolute atomic E-state index is 0.0244. The van der Waals surface area contributed by atoms with Crippen LogP contribution in [0.25, 0.3) is 11.6 Å². The highest BCUT2D eigenvalue weighted by Gasteiger charge is 2.21. The van der Waals surface area contributed by atoms with Crippen LogP contribution in [0.5, 0.6) is 0 Å². The first-order chi connectivity index (χ1) is 13.2. The van der Waals surface area contributed by atoms with E-state index in [1.165, 1.54) is 17.3 Å². The molecule has 1 aromatic carbocycles. The summed E-state index contributed by atoms with van der Waals surface area (Å²) in [7, 11) is 0. The predicted molar refractivity (Wildman–Crippen MR) is 106 cm³/mol. The van der Waals surface area contributed by atoms with E-state index in [0.29, 0.717) is 29.8 Å². The standard InChI is InChI=1S/C20H22N4O2S/c1-3-13-24-18(17-10-7-14-26-17)22-23-20(24)27-15(2)19(25)21-12-11-16-8-5-4-6-9-16/h3-10,14-15H,1,11-13H2,2H3,(H,21,25). The Morgan fingerprint density at radius 3 is 2.81 bits per heavy atom. The summed E-state index contributed by atoms with van der Waals surface area (Å²) in [6.45, 7) is 6.79. The van der Waals surface area contributed by atoms with Crippen LogP contribution < -0.4 is 5.32 Å². The number of amides is 1. The van der Waals surface area contributed by atoms with Crippen molar-refractivity contribution in [3.05, 3.63) is 66.9 Å². The summed E-state index contributed by atoms with van der Waals surface area (Å²) in [4.78, 5) is 12.4. The normalized spacial score (nSPS) is 11.9. The average molecular weight is 382 g/mol. The molecule has 2 heterocycles. The fourth-order valence-corrected chi connectivity index (χ4v) is 3.47. The average Bonchev–Trinajstić information content (AvgIpc) is 3.33. The van der Waals surface area contributed by atoms with Crippen LogP contribution in [0.1, 0.15) is 12.5 Å². The summed E-state index contributed by atoms with van der Waals surface area (Å²) in [5.74, 6) is 1.24. The highest BCUT2D eigenvalue weighted by atomic mass is 32.2. The number of allylic oxidation sites excluding steroid dienone is 1. The molecule has 0 saturated carbocycles. The summed E-state index contributed by atoms with van der Waals surface area (Å²) >= 11 is 1.37. The Hall–Kier alpha value is -2.80. The first-order valence-electron chi connectivity index (χ1n) is 8.75. The highest BCUT2D eigenvalue weighted by molar-refractivity contribution is 8.00. The second-order valence-corrected chi connectivity index (χ2v) is 7.28. The van der Waals surface area contributed by atoms with E-state index < -0.39 is 0 Å². The molecular weight excluding hydrogens is 360 g/mol. The Labute approximate surface area is 162 Å². The summed E-state index contributed by atoms with van der Waals surface area (Å²) < 4.78 is 7.31. The molecule has 1 amide bonds. The van der Waals surface area contributed by atoms with Crippen LogP contribution >= 0.6 is 11.8 Å². The van der Waals surface area contributed by atoms with Gasteiger partial charge in [-0.2, -0.15) is 0 Å². The number of furan rings is 1. The molecule has 3 rings (SSSR count). The predicted octanol–water partition coefficient (Wildman–Crippen LogP) is 3.56. The largest absolute Gasteiger partial charge is 0.461 e. The molecule has 0 aliphatic carbocycles. The molecule has 3 aromatic rings. The molecule has 0 spiro atoms. The molecule has 1 atom stereocenters. The first-order valence-corrected chi connectivity index (χ1v) is 9.63. The summed E-state index contributed by atoms with van der Waals surface area (Å²) in [6, 6.07) is 13.7. The molecule has 0 fully saturated rings. The number of rotatable bonds is 9. The van der Waals surface area contributed by atoms with Gasteiger partial charge in [0, 0.05) is 13.1 Å². The van der Waals surface area contributed by atoms with E-state index in [9.17, 15) is 4.79 Å². The Bertz CT molecular complexity index is 875. The lowest BCUT2D eigenvalue weighted by molar-refractivity contribution is -0.120. The van der Waals surface area contributed by atoms with E-state index in [4.69, 9.17) is 4.42 Å². The van der Waals surface area contributed by atoms with E-state index in [0.717, 1.165) is 6.42 Å². The van der Waals surface area contributed by atoms with Crippen LogP contribution in [0.3, 0.4) is 0 Å². The molecule has 140 valence electrons. The van der Waals surface area contributed by atoms with Crippen molar-refractivity contribution in [3.8, 4) is 11.6 Å². The van der Waals surface area contributed by atoms with Gasteiger partial charge in [0.15, 0.2) is 10.9 Å². The number of nitrogens with one attached hydrogen (secondary N) is 1. The highest BCUT2D eigenvalue weighted by Crippen LogP contribution is 2.27. The molecule has 0 aliphatic heterocycles. The number of benzene rings is 1. The van der Waals surface area contributed by atoms with Crippen LogP contribution in [-0.4, -0.2) is 32.5 Å². The van der Waals surface area contributed by atoms with Gasteiger partial charge in [0.2, 0.25) is 11.7 Å². The maximum atomic E-state index is 12.4. The topological polar surface area (TPSA) is 73.0 Å². The lowest BCUT2D eigenvalue weighted by Crippen LogP contribution is -2.32. The molecule has 1 N–H and O–H groups in total. The monoisotopic (exact) mass is 382 g/mol. The molecule has 0 bridgehead atoms. The van der Waals surface area contributed by atoms with Crippen LogP contribution in [0, 0.1) is 0 Å². The number of hydrogen-bond donors (Lipinski definition) is 1. The van der Waals surface area contributed by atoms with Crippen molar-refractivity contribution in [1.82, 2.24) is 20.1 Å². The Morgan fingerprint density at radius 2 is 2.11 bits per heavy atom. The number of carbonyl (C=O) groups is 1. The summed E-state index contributed by atoms with van der Waals surface area (Å²) in [6.07, 6.45) is 4.17. The zero-order chi connectivity index (χ0) is 19.1. The van der Waals surface area contributed by atoms with Gasteiger partial charge in [0.1, 0.15) is 0 Å². The quantitative estimate of drug-likeness (QED) is 0.452. The van der Waals surface area contributed by atoms with Crippen LogP contribution in [0.4, 0.5) is 0 Å². The smallest absolute Gasteiger partial charge is 0.233 e.